The number of hydrogen-bond acceptors (Lipinski definition) is 3. The van der Waals surface area contributed by atoms with E-state index in [2.05, 4.69) is 60.8 Å². The number of nitrogens with zero attached hydrogens (tertiary/aromatic N) is 1. The van der Waals surface area contributed by atoms with Gasteiger partial charge in [-0.3, -0.25) is 0 Å². The molecule has 2 aromatic rings. The van der Waals surface area contributed by atoms with Gasteiger partial charge in [0.1, 0.15) is 5.60 Å². The predicted octanol–water partition coefficient (Wildman–Crippen LogP) is 6.12. The van der Waals surface area contributed by atoms with E-state index in [0.717, 1.165) is 38.0 Å². The standard InChI is InChI=1S/C25H34N2O2/c1-5-7-19-9-11-20(12-10-19)21-13-15-22(16-14-21)26-18-23-8-6-17-27(23)24(28)29-25(2,3)4/h9-16,23,26H,5-8,17-18H2,1-4H3/t23-/m0/s1. The normalized spacial score (nSPS) is 16.7. The van der Waals surface area contributed by atoms with Gasteiger partial charge >= 0.3 is 6.09 Å². The topological polar surface area (TPSA) is 41.6 Å². The molecule has 2 aromatic carbocycles. The van der Waals surface area contributed by atoms with Crippen molar-refractivity contribution in [3.05, 3.63) is 54.1 Å². The molecule has 1 saturated heterocycles. The molecule has 4 nitrogen and oxygen atoms in total. The summed E-state index contributed by atoms with van der Waals surface area (Å²) in [5.41, 5.74) is 4.47. The number of amides is 1. The maximum absolute atomic E-state index is 12.4. The molecule has 1 amide bonds. The first-order valence-electron chi connectivity index (χ1n) is 10.8. The molecule has 29 heavy (non-hydrogen) atoms. The van der Waals surface area contributed by atoms with Gasteiger partial charge in [0.25, 0.3) is 0 Å². The zero-order valence-corrected chi connectivity index (χ0v) is 18.2. The smallest absolute Gasteiger partial charge is 0.410 e. The molecule has 1 N–H and O–H groups in total. The van der Waals surface area contributed by atoms with Crippen LogP contribution in [0.3, 0.4) is 0 Å². The monoisotopic (exact) mass is 394 g/mol. The van der Waals surface area contributed by atoms with Crippen molar-refractivity contribution in [2.24, 2.45) is 0 Å². The lowest BCUT2D eigenvalue weighted by Gasteiger charge is -2.29. The fourth-order valence-corrected chi connectivity index (χ4v) is 3.78. The van der Waals surface area contributed by atoms with Crippen molar-refractivity contribution in [2.45, 2.75) is 65.0 Å². The van der Waals surface area contributed by atoms with Crippen LogP contribution in [0.5, 0.6) is 0 Å². The molecule has 0 aliphatic carbocycles. The Hall–Kier alpha value is -2.49. The minimum atomic E-state index is -0.456. The van der Waals surface area contributed by atoms with E-state index < -0.39 is 5.60 Å². The number of likely N-dealkylation sites (tertiary alicyclic amines) is 1. The number of aryl methyl sites for hydroxylation is 1. The highest BCUT2D eigenvalue weighted by molar-refractivity contribution is 5.69. The molecule has 1 atom stereocenters. The molecule has 0 unspecified atom stereocenters. The van der Waals surface area contributed by atoms with Crippen LogP contribution >= 0.6 is 0 Å². The van der Waals surface area contributed by atoms with E-state index in [1.165, 1.54) is 23.1 Å². The average Bonchev–Trinajstić information content (AvgIpc) is 3.15. The molecule has 1 aliphatic heterocycles. The molecule has 0 aromatic heterocycles. The third-order valence-corrected chi connectivity index (χ3v) is 5.26. The molecule has 0 spiro atoms. The second-order valence-corrected chi connectivity index (χ2v) is 8.87. The number of anilines is 1. The fourth-order valence-electron chi connectivity index (χ4n) is 3.78. The molecule has 0 bridgehead atoms. The first-order valence-corrected chi connectivity index (χ1v) is 10.8. The SMILES string of the molecule is CCCc1ccc(-c2ccc(NC[C@@H]3CCCN3C(=O)OC(C)(C)C)cc2)cc1. The zero-order chi connectivity index (χ0) is 20.9. The van der Waals surface area contributed by atoms with Gasteiger partial charge in [0.05, 0.1) is 6.04 Å². The molecule has 0 saturated carbocycles. The van der Waals surface area contributed by atoms with Crippen molar-refractivity contribution in [1.82, 2.24) is 4.90 Å². The summed E-state index contributed by atoms with van der Waals surface area (Å²) in [6.45, 7) is 9.45. The largest absolute Gasteiger partial charge is 0.444 e. The molecule has 1 fully saturated rings. The second-order valence-electron chi connectivity index (χ2n) is 8.87. The molecule has 4 heteroatoms. The van der Waals surface area contributed by atoms with Crippen molar-refractivity contribution in [3.63, 3.8) is 0 Å². The fraction of sp³-hybridized carbons (Fsp3) is 0.480. The van der Waals surface area contributed by atoms with Crippen LogP contribution in [0.1, 0.15) is 52.5 Å². The maximum atomic E-state index is 12.4. The Kier molecular flexibility index (Phi) is 6.83. The van der Waals surface area contributed by atoms with Crippen LogP contribution in [0, 0.1) is 0 Å². The third kappa shape index (κ3) is 5.99. The Balaban J connectivity index is 1.56. The zero-order valence-electron chi connectivity index (χ0n) is 18.2. The highest BCUT2D eigenvalue weighted by Gasteiger charge is 2.31. The highest BCUT2D eigenvalue weighted by atomic mass is 16.6. The van der Waals surface area contributed by atoms with Crippen molar-refractivity contribution >= 4 is 11.8 Å². The summed E-state index contributed by atoms with van der Waals surface area (Å²) in [6.07, 6.45) is 4.13. The van der Waals surface area contributed by atoms with Crippen LogP contribution in [0.15, 0.2) is 48.5 Å². The van der Waals surface area contributed by atoms with Gasteiger partial charge in [0.15, 0.2) is 0 Å². The first kappa shape index (κ1) is 21.2. The highest BCUT2D eigenvalue weighted by Crippen LogP contribution is 2.24. The van der Waals surface area contributed by atoms with Gasteiger partial charge in [0, 0.05) is 18.8 Å². The number of hydrogen-bond donors (Lipinski definition) is 1. The average molecular weight is 395 g/mol. The summed E-state index contributed by atoms with van der Waals surface area (Å²) in [5, 5.41) is 3.49. The molecule has 0 radical (unpaired) electrons. The predicted molar refractivity (Wildman–Crippen MR) is 120 cm³/mol. The van der Waals surface area contributed by atoms with Gasteiger partial charge < -0.3 is 15.0 Å². The van der Waals surface area contributed by atoms with E-state index in [1.54, 1.807) is 0 Å². The van der Waals surface area contributed by atoms with E-state index in [1.807, 2.05) is 25.7 Å². The molecule has 156 valence electrons. The van der Waals surface area contributed by atoms with Gasteiger partial charge in [-0.1, -0.05) is 49.7 Å². The van der Waals surface area contributed by atoms with Crippen molar-refractivity contribution in [2.75, 3.05) is 18.4 Å². The molecule has 3 rings (SSSR count). The van der Waals surface area contributed by atoms with Gasteiger partial charge in [0.2, 0.25) is 0 Å². The number of nitrogens with one attached hydrogen (secondary N) is 1. The van der Waals surface area contributed by atoms with Crippen LogP contribution < -0.4 is 5.32 Å². The number of carbonyl (C=O) groups is 1. The molecule has 1 heterocycles. The Bertz CT molecular complexity index is 791. The maximum Gasteiger partial charge on any atom is 0.410 e. The minimum Gasteiger partial charge on any atom is -0.444 e. The van der Waals surface area contributed by atoms with Crippen LogP contribution in [-0.4, -0.2) is 35.7 Å². The van der Waals surface area contributed by atoms with Gasteiger partial charge in [-0.05, 0) is 68.9 Å². The molecular weight excluding hydrogens is 360 g/mol. The van der Waals surface area contributed by atoms with Gasteiger partial charge in [-0.2, -0.15) is 0 Å². The van der Waals surface area contributed by atoms with Crippen molar-refractivity contribution in [1.29, 1.82) is 0 Å². The van der Waals surface area contributed by atoms with E-state index >= 15 is 0 Å². The molecular formula is C25H34N2O2. The van der Waals surface area contributed by atoms with Crippen LogP contribution in [0.2, 0.25) is 0 Å². The Morgan fingerprint density at radius 3 is 2.28 bits per heavy atom. The lowest BCUT2D eigenvalue weighted by atomic mass is 10.0. The minimum absolute atomic E-state index is 0.177. The number of ether oxygens (including phenoxy) is 1. The lowest BCUT2D eigenvalue weighted by molar-refractivity contribution is 0.0235. The van der Waals surface area contributed by atoms with Gasteiger partial charge in [-0.25, -0.2) is 4.79 Å². The quantitative estimate of drug-likeness (QED) is 0.642. The Morgan fingerprint density at radius 2 is 1.69 bits per heavy atom. The van der Waals surface area contributed by atoms with E-state index in [0.29, 0.717) is 0 Å². The lowest BCUT2D eigenvalue weighted by Crippen LogP contribution is -2.42. The molecule has 1 aliphatic rings. The van der Waals surface area contributed by atoms with E-state index in [9.17, 15) is 4.79 Å². The van der Waals surface area contributed by atoms with Crippen molar-refractivity contribution in [3.8, 4) is 11.1 Å². The number of rotatable bonds is 6. The van der Waals surface area contributed by atoms with Gasteiger partial charge in [-0.15, -0.1) is 0 Å². The summed E-state index contributed by atoms with van der Waals surface area (Å²) in [6, 6.07) is 17.5. The second kappa shape index (κ2) is 9.34. The van der Waals surface area contributed by atoms with E-state index in [-0.39, 0.29) is 12.1 Å². The third-order valence-electron chi connectivity index (χ3n) is 5.26. The summed E-state index contributed by atoms with van der Waals surface area (Å²) in [4.78, 5) is 14.3. The van der Waals surface area contributed by atoms with Crippen LogP contribution in [0.25, 0.3) is 11.1 Å². The summed E-state index contributed by atoms with van der Waals surface area (Å²) in [5.74, 6) is 0. The Labute approximate surface area is 175 Å². The van der Waals surface area contributed by atoms with Crippen LogP contribution in [-0.2, 0) is 11.2 Å². The summed E-state index contributed by atoms with van der Waals surface area (Å²) in [7, 11) is 0. The van der Waals surface area contributed by atoms with Crippen LogP contribution in [0.4, 0.5) is 10.5 Å². The van der Waals surface area contributed by atoms with Crippen molar-refractivity contribution < 1.29 is 9.53 Å². The Morgan fingerprint density at radius 1 is 1.07 bits per heavy atom. The summed E-state index contributed by atoms with van der Waals surface area (Å²) >= 11 is 0. The van der Waals surface area contributed by atoms with E-state index in [4.69, 9.17) is 4.74 Å². The summed E-state index contributed by atoms with van der Waals surface area (Å²) < 4.78 is 5.55. The first-order chi connectivity index (χ1) is 13.9. The number of carbonyl (C=O) groups excluding carboxylic acids is 1. The number of benzene rings is 2.